The topological polar surface area (TPSA) is 89.1 Å². The summed E-state index contributed by atoms with van der Waals surface area (Å²) in [4.78, 5) is 31.1. The maximum Gasteiger partial charge on any atom is 0.324 e. The highest BCUT2D eigenvalue weighted by Crippen LogP contribution is 2.00. The minimum Gasteiger partial charge on any atom is -0.357 e. The number of carbonyl (C=O) groups is 2. The summed E-state index contributed by atoms with van der Waals surface area (Å²) in [5.74, 6) is 0.535. The first-order valence-electron chi connectivity index (χ1n) is 9.37. The van der Waals surface area contributed by atoms with Gasteiger partial charge in [-0.3, -0.25) is 14.7 Å². The Bertz CT molecular complexity index is 441. The van der Waals surface area contributed by atoms with Gasteiger partial charge in [-0.05, 0) is 46.3 Å². The van der Waals surface area contributed by atoms with Gasteiger partial charge in [-0.15, -0.1) is 24.0 Å². The zero-order valence-corrected chi connectivity index (χ0v) is 18.8. The van der Waals surface area contributed by atoms with E-state index in [9.17, 15) is 9.59 Å². The van der Waals surface area contributed by atoms with Crippen LogP contribution in [0.4, 0.5) is 4.79 Å². The van der Waals surface area contributed by atoms with Crippen molar-refractivity contribution in [2.75, 3.05) is 45.8 Å². The summed E-state index contributed by atoms with van der Waals surface area (Å²) in [5.41, 5.74) is 0. The Labute approximate surface area is 174 Å². The van der Waals surface area contributed by atoms with Crippen LogP contribution in [0.2, 0.25) is 0 Å². The Kier molecular flexibility index (Phi) is 13.4. The molecule has 26 heavy (non-hydrogen) atoms. The van der Waals surface area contributed by atoms with Crippen LogP contribution in [-0.2, 0) is 4.79 Å². The first-order valence-corrected chi connectivity index (χ1v) is 9.37. The third-order valence-corrected chi connectivity index (χ3v) is 4.26. The highest BCUT2D eigenvalue weighted by Gasteiger charge is 2.27. The third-order valence-electron chi connectivity index (χ3n) is 4.26. The Balaban J connectivity index is 0.00000625. The quantitative estimate of drug-likeness (QED) is 0.178. The summed E-state index contributed by atoms with van der Waals surface area (Å²) >= 11 is 0. The Morgan fingerprint density at radius 1 is 1.31 bits per heavy atom. The number of guanidine groups is 1. The molecule has 9 heteroatoms. The summed E-state index contributed by atoms with van der Waals surface area (Å²) in [5, 5.41) is 9.11. The van der Waals surface area contributed by atoms with Crippen LogP contribution in [0.25, 0.3) is 0 Å². The molecule has 0 aromatic rings. The number of hydrogen-bond donors (Lipinski definition) is 3. The second kappa shape index (κ2) is 14.0. The fourth-order valence-corrected chi connectivity index (χ4v) is 2.73. The SMILES string of the molecule is CCNC(=NCCN1C(=O)CNC1=O)NC(C)CCCN(CC)CC.I. The van der Waals surface area contributed by atoms with Gasteiger partial charge in [0.05, 0.1) is 19.6 Å². The fraction of sp³-hybridized carbons (Fsp3) is 0.824. The van der Waals surface area contributed by atoms with E-state index in [-0.39, 0.29) is 42.5 Å². The molecule has 1 saturated heterocycles. The molecule has 0 radical (unpaired) electrons. The van der Waals surface area contributed by atoms with Gasteiger partial charge in [0.25, 0.3) is 0 Å². The summed E-state index contributed by atoms with van der Waals surface area (Å²) in [7, 11) is 0. The van der Waals surface area contributed by atoms with Crippen molar-refractivity contribution in [2.24, 2.45) is 4.99 Å². The summed E-state index contributed by atoms with van der Waals surface area (Å²) < 4.78 is 0. The standard InChI is InChI=1S/C17H34N6O2.HI/c1-5-18-16(19-10-12-23-15(24)13-20-17(23)25)21-14(4)9-8-11-22(6-2)7-3;/h14H,5-13H2,1-4H3,(H,20,25)(H2,18,19,21);1H. The molecule has 1 fully saturated rings. The average molecular weight is 482 g/mol. The highest BCUT2D eigenvalue weighted by molar-refractivity contribution is 14.0. The predicted octanol–water partition coefficient (Wildman–Crippen LogP) is 1.22. The molecule has 152 valence electrons. The van der Waals surface area contributed by atoms with Crippen molar-refractivity contribution in [2.45, 2.75) is 46.6 Å². The lowest BCUT2D eigenvalue weighted by Gasteiger charge is -2.21. The molecular formula is C17H35IN6O2. The monoisotopic (exact) mass is 482 g/mol. The minimum absolute atomic E-state index is 0. The molecular weight excluding hydrogens is 447 g/mol. The maximum absolute atomic E-state index is 11.5. The van der Waals surface area contributed by atoms with E-state index in [2.05, 4.69) is 46.6 Å². The van der Waals surface area contributed by atoms with Crippen LogP contribution in [0.15, 0.2) is 4.99 Å². The molecule has 1 atom stereocenters. The lowest BCUT2D eigenvalue weighted by Crippen LogP contribution is -2.43. The maximum atomic E-state index is 11.5. The van der Waals surface area contributed by atoms with Crippen LogP contribution >= 0.6 is 24.0 Å². The zero-order valence-electron chi connectivity index (χ0n) is 16.5. The van der Waals surface area contributed by atoms with Crippen molar-refractivity contribution < 1.29 is 9.59 Å². The van der Waals surface area contributed by atoms with Crippen molar-refractivity contribution in [3.05, 3.63) is 0 Å². The lowest BCUT2D eigenvalue weighted by molar-refractivity contribution is -0.124. The van der Waals surface area contributed by atoms with Gasteiger partial charge in [0.15, 0.2) is 5.96 Å². The molecule has 3 N–H and O–H groups in total. The van der Waals surface area contributed by atoms with Crippen molar-refractivity contribution in [1.82, 2.24) is 25.8 Å². The van der Waals surface area contributed by atoms with E-state index in [0.29, 0.717) is 19.1 Å². The zero-order chi connectivity index (χ0) is 18.7. The predicted molar refractivity (Wildman–Crippen MR) is 116 cm³/mol. The van der Waals surface area contributed by atoms with Crippen LogP contribution in [0.1, 0.15) is 40.5 Å². The molecule has 0 saturated carbocycles. The molecule has 0 bridgehead atoms. The molecule has 1 heterocycles. The molecule has 1 rings (SSSR count). The van der Waals surface area contributed by atoms with Gasteiger partial charge < -0.3 is 20.9 Å². The normalized spacial score (nSPS) is 15.7. The number of nitrogens with zero attached hydrogens (tertiary/aromatic N) is 3. The summed E-state index contributed by atoms with van der Waals surface area (Å²) in [6, 6.07) is -0.0204. The minimum atomic E-state index is -0.331. The van der Waals surface area contributed by atoms with Gasteiger partial charge in [0.1, 0.15) is 0 Å². The smallest absolute Gasteiger partial charge is 0.324 e. The molecule has 8 nitrogen and oxygen atoms in total. The Hall–Kier alpha value is -1.10. The number of imide groups is 1. The number of aliphatic imine (C=N–C) groups is 1. The number of urea groups is 1. The second-order valence-corrected chi connectivity index (χ2v) is 6.18. The van der Waals surface area contributed by atoms with Gasteiger partial charge in [-0.2, -0.15) is 0 Å². The van der Waals surface area contributed by atoms with Crippen molar-refractivity contribution >= 4 is 41.9 Å². The molecule has 1 unspecified atom stereocenters. The van der Waals surface area contributed by atoms with Crippen LogP contribution in [0, 0.1) is 0 Å². The van der Waals surface area contributed by atoms with Crippen molar-refractivity contribution in [3.8, 4) is 0 Å². The van der Waals surface area contributed by atoms with E-state index in [4.69, 9.17) is 0 Å². The Morgan fingerprint density at radius 3 is 2.54 bits per heavy atom. The average Bonchev–Trinajstić information content (AvgIpc) is 2.90. The van der Waals surface area contributed by atoms with Crippen molar-refractivity contribution in [1.29, 1.82) is 0 Å². The summed E-state index contributed by atoms with van der Waals surface area (Å²) in [6.45, 7) is 13.4. The largest absolute Gasteiger partial charge is 0.357 e. The molecule has 0 aromatic heterocycles. The van der Waals surface area contributed by atoms with Gasteiger partial charge >= 0.3 is 6.03 Å². The van der Waals surface area contributed by atoms with Gasteiger partial charge in [0, 0.05) is 12.6 Å². The van der Waals surface area contributed by atoms with E-state index in [0.717, 1.165) is 45.0 Å². The Morgan fingerprint density at radius 2 is 2.00 bits per heavy atom. The van der Waals surface area contributed by atoms with E-state index in [1.54, 1.807) is 0 Å². The second-order valence-electron chi connectivity index (χ2n) is 6.18. The van der Waals surface area contributed by atoms with Crippen LogP contribution in [-0.4, -0.2) is 79.6 Å². The number of halogens is 1. The molecule has 3 amide bonds. The van der Waals surface area contributed by atoms with Crippen LogP contribution in [0.3, 0.4) is 0 Å². The highest BCUT2D eigenvalue weighted by atomic mass is 127. The molecule has 0 spiro atoms. The number of rotatable bonds is 11. The van der Waals surface area contributed by atoms with Gasteiger partial charge in [-0.1, -0.05) is 13.8 Å². The third kappa shape index (κ3) is 9.02. The van der Waals surface area contributed by atoms with E-state index >= 15 is 0 Å². The first kappa shape index (κ1) is 24.9. The van der Waals surface area contributed by atoms with Crippen molar-refractivity contribution in [3.63, 3.8) is 0 Å². The van der Waals surface area contributed by atoms with Gasteiger partial charge in [0.2, 0.25) is 5.91 Å². The number of hydrogen-bond acceptors (Lipinski definition) is 4. The van der Waals surface area contributed by atoms with Crippen LogP contribution in [0.5, 0.6) is 0 Å². The van der Waals surface area contributed by atoms with Crippen LogP contribution < -0.4 is 16.0 Å². The van der Waals surface area contributed by atoms with E-state index in [1.165, 1.54) is 4.90 Å². The fourth-order valence-electron chi connectivity index (χ4n) is 2.73. The number of amides is 3. The first-order chi connectivity index (χ1) is 12.0. The van der Waals surface area contributed by atoms with Gasteiger partial charge in [-0.25, -0.2) is 4.79 Å². The number of carbonyl (C=O) groups excluding carboxylic acids is 2. The van der Waals surface area contributed by atoms with E-state index in [1.807, 2.05) is 6.92 Å². The molecule has 1 aliphatic heterocycles. The molecule has 0 aliphatic carbocycles. The molecule has 0 aromatic carbocycles. The lowest BCUT2D eigenvalue weighted by atomic mass is 10.2. The summed E-state index contributed by atoms with van der Waals surface area (Å²) in [6.07, 6.45) is 2.20. The number of nitrogens with one attached hydrogen (secondary N) is 3. The van der Waals surface area contributed by atoms with E-state index < -0.39 is 0 Å². The molecule has 1 aliphatic rings.